The number of anilines is 1. The second-order valence-electron chi connectivity index (χ2n) is 5.54. The van der Waals surface area contributed by atoms with Crippen molar-refractivity contribution in [3.05, 3.63) is 34.1 Å². The van der Waals surface area contributed by atoms with Crippen molar-refractivity contribution < 1.29 is 24.4 Å². The Morgan fingerprint density at radius 3 is 2.77 bits per heavy atom. The normalized spacial score (nSPS) is 29.4. The maximum atomic E-state index is 14.5. The Labute approximate surface area is 125 Å². The quantitative estimate of drug-likeness (QED) is 0.741. The number of hydrogen-bond acceptors (Lipinski definition) is 6. The van der Waals surface area contributed by atoms with Crippen molar-refractivity contribution in [1.82, 2.24) is 9.55 Å². The van der Waals surface area contributed by atoms with Gasteiger partial charge in [-0.25, -0.2) is 9.18 Å². The first-order valence-electron chi connectivity index (χ1n) is 6.53. The van der Waals surface area contributed by atoms with Gasteiger partial charge in [-0.15, -0.1) is 0 Å². The average molecular weight is 315 g/mol. The summed E-state index contributed by atoms with van der Waals surface area (Å²) >= 11 is 0. The third-order valence-corrected chi connectivity index (χ3v) is 3.67. The monoisotopic (exact) mass is 315 g/mol. The van der Waals surface area contributed by atoms with Gasteiger partial charge in [-0.05, 0) is 19.9 Å². The maximum Gasteiger partial charge on any atom is 0.350 e. The Balaban J connectivity index is 0.00000176. The highest BCUT2D eigenvalue weighted by molar-refractivity contribution is 5.32. The van der Waals surface area contributed by atoms with Crippen molar-refractivity contribution in [2.75, 3.05) is 12.3 Å². The molecule has 1 aliphatic heterocycles. The van der Waals surface area contributed by atoms with Gasteiger partial charge in [0.15, 0.2) is 5.79 Å². The number of nitrogens with zero attached hydrogens (tertiary/aromatic N) is 2. The number of ether oxygens (including phenoxy) is 2. The van der Waals surface area contributed by atoms with E-state index in [9.17, 15) is 14.3 Å². The molecule has 1 aromatic heterocycles. The van der Waals surface area contributed by atoms with E-state index in [4.69, 9.17) is 15.2 Å². The van der Waals surface area contributed by atoms with Gasteiger partial charge in [0.05, 0.1) is 6.61 Å². The van der Waals surface area contributed by atoms with Gasteiger partial charge < -0.3 is 25.8 Å². The number of aromatic nitrogens is 2. The topological polar surface area (TPSA) is 131 Å². The lowest BCUT2D eigenvalue weighted by Gasteiger charge is -2.22. The molecule has 1 fully saturated rings. The number of nitrogen functional groups attached to an aromatic ring is 1. The Morgan fingerprint density at radius 2 is 2.18 bits per heavy atom. The Kier molecular flexibility index (Phi) is 4.09. The van der Waals surface area contributed by atoms with Crippen molar-refractivity contribution in [3.8, 4) is 0 Å². The van der Waals surface area contributed by atoms with Crippen LogP contribution in [0.2, 0.25) is 0 Å². The maximum absolute atomic E-state index is 14.5. The van der Waals surface area contributed by atoms with Crippen molar-refractivity contribution in [3.63, 3.8) is 0 Å². The molecule has 0 aromatic carbocycles. The zero-order valence-electron chi connectivity index (χ0n) is 12.1. The van der Waals surface area contributed by atoms with Crippen LogP contribution in [0.3, 0.4) is 0 Å². The minimum Gasteiger partial charge on any atom is -0.412 e. The van der Waals surface area contributed by atoms with Gasteiger partial charge in [0, 0.05) is 11.8 Å². The number of halogens is 1. The molecule has 3 atom stereocenters. The Morgan fingerprint density at radius 1 is 1.50 bits per heavy atom. The summed E-state index contributed by atoms with van der Waals surface area (Å²) < 4.78 is 27.0. The lowest BCUT2D eigenvalue weighted by atomic mass is 10.1. The van der Waals surface area contributed by atoms with Crippen molar-refractivity contribution in [2.24, 2.45) is 0 Å². The Hall–Kier alpha value is -1.81. The van der Waals surface area contributed by atoms with Crippen molar-refractivity contribution >= 4 is 5.82 Å². The molecule has 5 N–H and O–H groups in total. The molecule has 0 spiro atoms. The fourth-order valence-corrected chi connectivity index (χ4v) is 2.84. The van der Waals surface area contributed by atoms with E-state index in [1.54, 1.807) is 13.8 Å². The minimum absolute atomic E-state index is 0. The SMILES string of the molecule is CC1(C)O[C@@H]2[C@H](O1)C(CO)=C(F)[C@H]2n1ccc(N)nc1=O.O. The van der Waals surface area contributed by atoms with Crippen LogP contribution in [0.1, 0.15) is 19.9 Å². The zero-order valence-corrected chi connectivity index (χ0v) is 12.1. The second kappa shape index (κ2) is 5.43. The summed E-state index contributed by atoms with van der Waals surface area (Å²) in [6.45, 7) is 2.89. The highest BCUT2D eigenvalue weighted by Gasteiger charge is 2.54. The number of nitrogens with two attached hydrogens (primary N) is 1. The lowest BCUT2D eigenvalue weighted by Crippen LogP contribution is -2.35. The van der Waals surface area contributed by atoms with Gasteiger partial charge >= 0.3 is 5.69 Å². The molecule has 3 rings (SSSR count). The molecule has 1 aromatic rings. The number of aliphatic hydroxyl groups excluding tert-OH is 1. The highest BCUT2D eigenvalue weighted by atomic mass is 19.1. The average Bonchev–Trinajstić information content (AvgIpc) is 2.80. The summed E-state index contributed by atoms with van der Waals surface area (Å²) in [6.07, 6.45) is -0.0919. The predicted octanol–water partition coefficient (Wildman–Crippen LogP) is -0.708. The van der Waals surface area contributed by atoms with Crippen LogP contribution >= 0.6 is 0 Å². The summed E-state index contributed by atoms with van der Waals surface area (Å²) in [7, 11) is 0. The number of rotatable bonds is 2. The molecule has 1 aliphatic carbocycles. The summed E-state index contributed by atoms with van der Waals surface area (Å²) in [4.78, 5) is 15.5. The Bertz CT molecular complexity index is 672. The molecule has 2 heterocycles. The molecular formula is C13H18FN3O5. The van der Waals surface area contributed by atoms with Crippen LogP contribution in [-0.2, 0) is 9.47 Å². The molecule has 8 nitrogen and oxygen atoms in total. The van der Waals surface area contributed by atoms with Crippen molar-refractivity contribution in [1.29, 1.82) is 0 Å². The summed E-state index contributed by atoms with van der Waals surface area (Å²) in [6, 6.07) is 0.390. The van der Waals surface area contributed by atoms with Crippen molar-refractivity contribution in [2.45, 2.75) is 37.9 Å². The van der Waals surface area contributed by atoms with E-state index >= 15 is 0 Å². The fourth-order valence-electron chi connectivity index (χ4n) is 2.84. The highest BCUT2D eigenvalue weighted by Crippen LogP contribution is 2.46. The molecule has 0 unspecified atom stereocenters. The van der Waals surface area contributed by atoms with Crippen LogP contribution in [0.5, 0.6) is 0 Å². The van der Waals surface area contributed by atoms with Gasteiger partial charge in [0.25, 0.3) is 0 Å². The second-order valence-corrected chi connectivity index (χ2v) is 5.54. The van der Waals surface area contributed by atoms with Gasteiger partial charge in [0.1, 0.15) is 29.9 Å². The number of aliphatic hydroxyl groups is 1. The molecule has 122 valence electrons. The lowest BCUT2D eigenvalue weighted by molar-refractivity contribution is -0.149. The zero-order chi connectivity index (χ0) is 15.4. The summed E-state index contributed by atoms with van der Waals surface area (Å²) in [5.41, 5.74) is 4.86. The molecule has 0 amide bonds. The van der Waals surface area contributed by atoms with Crippen LogP contribution in [0, 0.1) is 0 Å². The largest absolute Gasteiger partial charge is 0.412 e. The van der Waals surface area contributed by atoms with Crippen LogP contribution in [0.15, 0.2) is 28.5 Å². The first-order chi connectivity index (χ1) is 9.84. The van der Waals surface area contributed by atoms with E-state index in [0.29, 0.717) is 0 Å². The van der Waals surface area contributed by atoms with E-state index in [2.05, 4.69) is 4.98 Å². The van der Waals surface area contributed by atoms with Crippen LogP contribution in [-0.4, -0.2) is 44.7 Å². The smallest absolute Gasteiger partial charge is 0.350 e. The molecule has 0 saturated carbocycles. The standard InChI is InChI=1S/C13H16FN3O4.H2O/c1-13(2)20-10-6(5-18)8(14)9(11(10)21-13)17-4-3-7(15)16-12(17)19;/h3-4,9-11,18H,5H2,1-2H3,(H2,15,16,19);1H2/t9-,10-,11+;/m1./s1. The van der Waals surface area contributed by atoms with Crippen LogP contribution in [0.4, 0.5) is 10.2 Å². The van der Waals surface area contributed by atoms with Crippen LogP contribution in [0.25, 0.3) is 0 Å². The summed E-state index contributed by atoms with van der Waals surface area (Å²) in [5, 5.41) is 9.38. The van der Waals surface area contributed by atoms with E-state index in [1.165, 1.54) is 12.3 Å². The van der Waals surface area contributed by atoms with E-state index in [-0.39, 0.29) is 16.9 Å². The number of hydrogen-bond donors (Lipinski definition) is 2. The van der Waals surface area contributed by atoms with Gasteiger partial charge in [-0.3, -0.25) is 4.57 Å². The number of fused-ring (bicyclic) bond motifs is 1. The van der Waals surface area contributed by atoms with Gasteiger partial charge in [-0.2, -0.15) is 4.98 Å². The van der Waals surface area contributed by atoms with E-state index in [0.717, 1.165) is 4.57 Å². The molecule has 22 heavy (non-hydrogen) atoms. The molecule has 1 saturated heterocycles. The first-order valence-corrected chi connectivity index (χ1v) is 6.53. The predicted molar refractivity (Wildman–Crippen MR) is 74.6 cm³/mol. The molecule has 2 aliphatic rings. The molecular weight excluding hydrogens is 297 g/mol. The fraction of sp³-hybridized carbons (Fsp3) is 0.538. The van der Waals surface area contributed by atoms with Gasteiger partial charge in [0.2, 0.25) is 0 Å². The molecule has 0 radical (unpaired) electrons. The first kappa shape index (κ1) is 16.6. The molecule has 0 bridgehead atoms. The minimum atomic E-state index is -1.01. The third-order valence-electron chi connectivity index (χ3n) is 3.67. The van der Waals surface area contributed by atoms with E-state index in [1.807, 2.05) is 0 Å². The third kappa shape index (κ3) is 2.41. The van der Waals surface area contributed by atoms with Crippen LogP contribution < -0.4 is 11.4 Å². The van der Waals surface area contributed by atoms with E-state index < -0.39 is 42.2 Å². The van der Waals surface area contributed by atoms with Gasteiger partial charge in [-0.1, -0.05) is 0 Å². The molecule has 9 heteroatoms. The summed E-state index contributed by atoms with van der Waals surface area (Å²) in [5.74, 6) is -1.49.